The summed E-state index contributed by atoms with van der Waals surface area (Å²) in [6.07, 6.45) is 2.49. The van der Waals surface area contributed by atoms with Crippen molar-refractivity contribution in [2.45, 2.75) is 62.2 Å². The lowest BCUT2D eigenvalue weighted by Crippen LogP contribution is -2.58. The van der Waals surface area contributed by atoms with Gasteiger partial charge in [-0.1, -0.05) is 18.2 Å². The molecule has 1 aliphatic heterocycles. The van der Waals surface area contributed by atoms with Crippen LogP contribution in [0.4, 0.5) is 0 Å². The van der Waals surface area contributed by atoms with E-state index in [-0.39, 0.29) is 17.7 Å². The number of carbonyl (C=O) groups is 1. The van der Waals surface area contributed by atoms with Crippen molar-refractivity contribution >= 4 is 17.7 Å². The second-order valence-electron chi connectivity index (χ2n) is 6.96. The van der Waals surface area contributed by atoms with Crippen molar-refractivity contribution in [3.05, 3.63) is 30.3 Å². The first kappa shape index (κ1) is 16.8. The summed E-state index contributed by atoms with van der Waals surface area (Å²) in [5, 5.41) is 0. The van der Waals surface area contributed by atoms with E-state index in [1.54, 1.807) is 11.8 Å². The Balaban J connectivity index is 1.64. The quantitative estimate of drug-likeness (QED) is 0.472. The molecule has 1 heterocycles. The number of ether oxygens (including phenoxy) is 1. The van der Waals surface area contributed by atoms with Crippen LogP contribution in [0.15, 0.2) is 35.2 Å². The van der Waals surface area contributed by atoms with Gasteiger partial charge in [-0.25, -0.2) is 9.78 Å². The van der Waals surface area contributed by atoms with Crippen LogP contribution in [-0.4, -0.2) is 29.0 Å². The van der Waals surface area contributed by atoms with Crippen molar-refractivity contribution in [1.29, 1.82) is 0 Å². The Morgan fingerprint density at radius 2 is 2.09 bits per heavy atom. The number of thioether (sulfide) groups is 1. The number of esters is 1. The molecule has 1 saturated heterocycles. The molecule has 0 N–H and O–H groups in total. The van der Waals surface area contributed by atoms with Crippen LogP contribution in [0.25, 0.3) is 0 Å². The molecule has 2 fully saturated rings. The average Bonchev–Trinajstić information content (AvgIpc) is 2.52. The molecule has 2 bridgehead atoms. The lowest BCUT2D eigenvalue weighted by atomic mass is 9.71. The minimum absolute atomic E-state index is 0.181. The average molecular weight is 336 g/mol. The smallest absolute Gasteiger partial charge is 0.303 e. The van der Waals surface area contributed by atoms with Gasteiger partial charge in [0.05, 0.1) is 0 Å². The van der Waals surface area contributed by atoms with Crippen molar-refractivity contribution in [3.63, 3.8) is 0 Å². The summed E-state index contributed by atoms with van der Waals surface area (Å²) in [5.41, 5.74) is -0.884. The van der Waals surface area contributed by atoms with E-state index in [1.807, 2.05) is 25.1 Å². The van der Waals surface area contributed by atoms with E-state index in [4.69, 9.17) is 14.5 Å². The van der Waals surface area contributed by atoms with Gasteiger partial charge in [0.2, 0.25) is 0 Å². The summed E-state index contributed by atoms with van der Waals surface area (Å²) in [6.45, 7) is 5.51. The maximum Gasteiger partial charge on any atom is 0.303 e. The molecule has 0 spiro atoms. The standard InChI is InChI=1S/C18H24O4S/c1-13(19)20-17(2)10-9-14-11-16(17)21-22-18(14,3)12-23-15-7-5-4-6-8-15/h4-8,14,16H,9-12H2,1-3H3/t14-,16-,17-,18-/m1/s1. The summed E-state index contributed by atoms with van der Waals surface area (Å²) < 4.78 is 5.51. The van der Waals surface area contributed by atoms with Gasteiger partial charge >= 0.3 is 5.97 Å². The van der Waals surface area contributed by atoms with Crippen molar-refractivity contribution < 1.29 is 19.3 Å². The first-order valence-corrected chi connectivity index (χ1v) is 9.12. The molecule has 1 aromatic rings. The fourth-order valence-corrected chi connectivity index (χ4v) is 4.60. The molecule has 3 rings (SSSR count). The normalized spacial score (nSPS) is 36.5. The molecule has 0 aromatic heterocycles. The monoisotopic (exact) mass is 336 g/mol. The Kier molecular flexibility index (Phi) is 4.72. The van der Waals surface area contributed by atoms with E-state index in [9.17, 15) is 4.79 Å². The van der Waals surface area contributed by atoms with Gasteiger partial charge in [-0.05, 0) is 51.2 Å². The maximum atomic E-state index is 11.3. The predicted octanol–water partition coefficient (Wildman–Crippen LogP) is 3.99. The van der Waals surface area contributed by atoms with Gasteiger partial charge in [0.1, 0.15) is 17.3 Å². The Morgan fingerprint density at radius 3 is 2.78 bits per heavy atom. The largest absolute Gasteiger partial charge is 0.457 e. The van der Waals surface area contributed by atoms with Crippen LogP contribution in [0.2, 0.25) is 0 Å². The third kappa shape index (κ3) is 3.57. The zero-order valence-corrected chi connectivity index (χ0v) is 14.7. The molecule has 126 valence electrons. The number of hydrogen-bond acceptors (Lipinski definition) is 5. The number of fused-ring (bicyclic) bond motifs is 2. The van der Waals surface area contributed by atoms with Gasteiger partial charge in [0, 0.05) is 17.6 Å². The van der Waals surface area contributed by atoms with Crippen LogP contribution < -0.4 is 0 Å². The summed E-state index contributed by atoms with van der Waals surface area (Å²) in [4.78, 5) is 24.1. The first-order valence-electron chi connectivity index (χ1n) is 8.13. The molecule has 2 aliphatic rings. The van der Waals surface area contributed by atoms with E-state index >= 15 is 0 Å². The Labute approximate surface area is 141 Å². The number of hydrogen-bond donors (Lipinski definition) is 0. The zero-order valence-electron chi connectivity index (χ0n) is 13.9. The Hall–Kier alpha value is -1.04. The maximum absolute atomic E-state index is 11.3. The second kappa shape index (κ2) is 6.46. The van der Waals surface area contributed by atoms with Crippen molar-refractivity contribution in [3.8, 4) is 0 Å². The van der Waals surface area contributed by atoms with Crippen LogP contribution in [0, 0.1) is 5.92 Å². The molecule has 1 aliphatic carbocycles. The van der Waals surface area contributed by atoms with Gasteiger partial charge in [0.25, 0.3) is 0 Å². The SMILES string of the molecule is CC(=O)O[C@]1(C)CC[C@@H]2C[C@H]1OO[C@]2(C)CSc1ccccc1. The second-order valence-corrected chi connectivity index (χ2v) is 8.01. The zero-order chi connectivity index (χ0) is 16.5. The van der Waals surface area contributed by atoms with E-state index in [0.29, 0.717) is 5.92 Å². The number of rotatable bonds is 4. The fourth-order valence-electron chi connectivity index (χ4n) is 3.51. The summed E-state index contributed by atoms with van der Waals surface area (Å²) in [6, 6.07) is 10.3. The third-order valence-corrected chi connectivity index (χ3v) is 6.36. The van der Waals surface area contributed by atoms with Crippen molar-refractivity contribution in [2.24, 2.45) is 5.92 Å². The van der Waals surface area contributed by atoms with E-state index in [0.717, 1.165) is 25.0 Å². The highest BCUT2D eigenvalue weighted by Gasteiger charge is 2.53. The molecule has 4 nitrogen and oxygen atoms in total. The summed E-state index contributed by atoms with van der Waals surface area (Å²) in [5.74, 6) is 1.00. The van der Waals surface area contributed by atoms with E-state index in [1.165, 1.54) is 11.8 Å². The van der Waals surface area contributed by atoms with Crippen LogP contribution in [0.1, 0.15) is 40.0 Å². The molecule has 4 atom stereocenters. The van der Waals surface area contributed by atoms with E-state index < -0.39 is 5.60 Å². The van der Waals surface area contributed by atoms with Crippen LogP contribution in [0.5, 0.6) is 0 Å². The molecule has 0 radical (unpaired) electrons. The third-order valence-electron chi connectivity index (χ3n) is 5.03. The first-order chi connectivity index (χ1) is 10.9. The predicted molar refractivity (Wildman–Crippen MR) is 89.0 cm³/mol. The highest BCUT2D eigenvalue weighted by Crippen LogP contribution is 2.48. The van der Waals surface area contributed by atoms with Gasteiger partial charge in [-0.2, -0.15) is 0 Å². The molecule has 0 amide bonds. The van der Waals surface area contributed by atoms with Gasteiger partial charge in [0.15, 0.2) is 0 Å². The van der Waals surface area contributed by atoms with E-state index in [2.05, 4.69) is 19.1 Å². The molecule has 1 aromatic carbocycles. The van der Waals surface area contributed by atoms with Crippen molar-refractivity contribution in [1.82, 2.24) is 0 Å². The molecule has 0 unspecified atom stereocenters. The molecule has 5 heteroatoms. The summed E-state index contributed by atoms with van der Waals surface area (Å²) in [7, 11) is 0. The molecular weight excluding hydrogens is 312 g/mol. The lowest BCUT2D eigenvalue weighted by molar-refractivity contribution is -0.441. The van der Waals surface area contributed by atoms with Gasteiger partial charge < -0.3 is 4.74 Å². The number of benzene rings is 1. The Morgan fingerprint density at radius 1 is 1.35 bits per heavy atom. The lowest BCUT2D eigenvalue weighted by Gasteiger charge is -2.51. The highest BCUT2D eigenvalue weighted by molar-refractivity contribution is 7.99. The Bertz CT molecular complexity index is 563. The van der Waals surface area contributed by atoms with Crippen molar-refractivity contribution in [2.75, 3.05) is 5.75 Å². The van der Waals surface area contributed by atoms with Gasteiger partial charge in [-0.15, -0.1) is 11.8 Å². The molecular formula is C18H24O4S. The van der Waals surface area contributed by atoms with Crippen LogP contribution >= 0.6 is 11.8 Å². The minimum Gasteiger partial charge on any atom is -0.457 e. The highest BCUT2D eigenvalue weighted by atomic mass is 32.2. The molecule has 23 heavy (non-hydrogen) atoms. The summed E-state index contributed by atoms with van der Waals surface area (Å²) >= 11 is 1.79. The van der Waals surface area contributed by atoms with Gasteiger partial charge in [-0.3, -0.25) is 4.79 Å². The topological polar surface area (TPSA) is 44.8 Å². The molecule has 1 saturated carbocycles. The number of carbonyl (C=O) groups excluding carboxylic acids is 1. The van der Waals surface area contributed by atoms with Crippen LogP contribution in [0.3, 0.4) is 0 Å². The van der Waals surface area contributed by atoms with Crippen LogP contribution in [-0.2, 0) is 19.3 Å². The minimum atomic E-state index is -0.573. The fraction of sp³-hybridized carbons (Fsp3) is 0.611.